The standard InChI is InChI=1S/C29H38N2O2S/c1-20(2)31(18-22-10-13-24(14-11-22)30(7)8)28(32)26-16-15-25(33-26)19-34-27-17-23(29(4,5)6)12-9-21(27)3/h9-17,20H,18-19H2,1-8H3. The van der Waals surface area contributed by atoms with E-state index >= 15 is 0 Å². The molecule has 5 heteroatoms. The molecule has 0 spiro atoms. The molecule has 2 aromatic carbocycles. The number of aryl methyl sites for hydroxylation is 1. The summed E-state index contributed by atoms with van der Waals surface area (Å²) in [6.45, 7) is 13.5. The summed E-state index contributed by atoms with van der Waals surface area (Å²) in [5.41, 5.74) is 4.93. The van der Waals surface area contributed by atoms with Gasteiger partial charge < -0.3 is 14.2 Å². The molecule has 1 aromatic heterocycles. The fourth-order valence-corrected chi connectivity index (χ4v) is 4.63. The molecule has 0 aliphatic heterocycles. The lowest BCUT2D eigenvalue weighted by atomic mass is 9.87. The molecule has 0 bridgehead atoms. The first-order valence-electron chi connectivity index (χ1n) is 11.9. The van der Waals surface area contributed by atoms with Gasteiger partial charge in [0, 0.05) is 37.3 Å². The van der Waals surface area contributed by atoms with Gasteiger partial charge in [-0.15, -0.1) is 11.8 Å². The molecule has 0 aliphatic rings. The fourth-order valence-electron chi connectivity index (χ4n) is 3.67. The number of anilines is 1. The van der Waals surface area contributed by atoms with Crippen LogP contribution in [0.4, 0.5) is 5.69 Å². The molecule has 3 rings (SSSR count). The predicted molar refractivity (Wildman–Crippen MR) is 144 cm³/mol. The number of thioether (sulfide) groups is 1. The van der Waals surface area contributed by atoms with E-state index < -0.39 is 0 Å². The van der Waals surface area contributed by atoms with Crippen LogP contribution >= 0.6 is 11.8 Å². The number of nitrogens with zero attached hydrogens (tertiary/aromatic N) is 2. The summed E-state index contributed by atoms with van der Waals surface area (Å²) in [5.74, 6) is 1.83. The molecule has 3 aromatic rings. The molecule has 1 heterocycles. The quantitative estimate of drug-likeness (QED) is 0.318. The summed E-state index contributed by atoms with van der Waals surface area (Å²) in [6.07, 6.45) is 0. The van der Waals surface area contributed by atoms with Crippen molar-refractivity contribution in [2.45, 2.75) is 70.2 Å². The van der Waals surface area contributed by atoms with E-state index in [-0.39, 0.29) is 17.4 Å². The van der Waals surface area contributed by atoms with Crippen molar-refractivity contribution in [3.05, 3.63) is 82.8 Å². The van der Waals surface area contributed by atoms with Crippen molar-refractivity contribution in [1.29, 1.82) is 0 Å². The second-order valence-corrected chi connectivity index (χ2v) is 11.4. The largest absolute Gasteiger partial charge is 0.455 e. The minimum absolute atomic E-state index is 0.0618. The summed E-state index contributed by atoms with van der Waals surface area (Å²) in [7, 11) is 4.04. The second kappa shape index (κ2) is 10.7. The van der Waals surface area contributed by atoms with E-state index in [1.165, 1.54) is 16.0 Å². The maximum absolute atomic E-state index is 13.3. The van der Waals surface area contributed by atoms with Gasteiger partial charge in [0.15, 0.2) is 5.76 Å². The van der Waals surface area contributed by atoms with Gasteiger partial charge in [-0.25, -0.2) is 0 Å². The number of hydrogen-bond donors (Lipinski definition) is 0. The zero-order chi connectivity index (χ0) is 25.0. The van der Waals surface area contributed by atoms with Crippen LogP contribution in [-0.4, -0.2) is 30.9 Å². The smallest absolute Gasteiger partial charge is 0.290 e. The molecule has 0 saturated heterocycles. The van der Waals surface area contributed by atoms with E-state index in [9.17, 15) is 4.79 Å². The SMILES string of the molecule is Cc1ccc(C(C)(C)C)cc1SCc1ccc(C(=O)N(Cc2ccc(N(C)C)cc2)C(C)C)o1. The van der Waals surface area contributed by atoms with Crippen LogP contribution in [0.5, 0.6) is 0 Å². The van der Waals surface area contributed by atoms with Crippen LogP contribution in [0.25, 0.3) is 0 Å². The highest BCUT2D eigenvalue weighted by Crippen LogP contribution is 2.32. The lowest BCUT2D eigenvalue weighted by molar-refractivity contribution is 0.0656. The molecule has 0 fully saturated rings. The molecular formula is C29H38N2O2S. The fraction of sp³-hybridized carbons (Fsp3) is 0.414. The molecule has 0 unspecified atom stereocenters. The van der Waals surface area contributed by atoms with E-state index in [0.717, 1.165) is 17.0 Å². The van der Waals surface area contributed by atoms with Crippen molar-refractivity contribution < 1.29 is 9.21 Å². The van der Waals surface area contributed by atoms with Gasteiger partial charge in [-0.3, -0.25) is 4.79 Å². The molecule has 1 amide bonds. The van der Waals surface area contributed by atoms with Crippen LogP contribution in [0, 0.1) is 6.92 Å². The number of amides is 1. The van der Waals surface area contributed by atoms with Crippen LogP contribution in [0.2, 0.25) is 0 Å². The van der Waals surface area contributed by atoms with Crippen LogP contribution < -0.4 is 4.90 Å². The highest BCUT2D eigenvalue weighted by molar-refractivity contribution is 7.98. The van der Waals surface area contributed by atoms with Gasteiger partial charge in [0.2, 0.25) is 0 Å². The zero-order valence-electron chi connectivity index (χ0n) is 21.8. The first-order chi connectivity index (χ1) is 16.0. The lowest BCUT2D eigenvalue weighted by Gasteiger charge is -2.26. The van der Waals surface area contributed by atoms with Crippen molar-refractivity contribution in [3.8, 4) is 0 Å². The van der Waals surface area contributed by atoms with E-state index in [1.807, 2.05) is 38.9 Å². The number of rotatable bonds is 8. The molecule has 182 valence electrons. The maximum Gasteiger partial charge on any atom is 0.290 e. The average Bonchev–Trinajstić information content (AvgIpc) is 3.25. The van der Waals surface area contributed by atoms with Crippen molar-refractivity contribution in [2.24, 2.45) is 0 Å². The summed E-state index contributed by atoms with van der Waals surface area (Å²) >= 11 is 1.75. The van der Waals surface area contributed by atoms with Crippen molar-refractivity contribution in [1.82, 2.24) is 4.90 Å². The van der Waals surface area contributed by atoms with Crippen LogP contribution in [-0.2, 0) is 17.7 Å². The van der Waals surface area contributed by atoms with Crippen molar-refractivity contribution in [2.75, 3.05) is 19.0 Å². The molecule has 0 saturated carbocycles. The number of carbonyl (C=O) groups is 1. The van der Waals surface area contributed by atoms with Gasteiger partial charge in [-0.2, -0.15) is 0 Å². The highest BCUT2D eigenvalue weighted by Gasteiger charge is 2.22. The molecule has 34 heavy (non-hydrogen) atoms. The van der Waals surface area contributed by atoms with Crippen LogP contribution in [0.15, 0.2) is 63.9 Å². The molecule has 0 radical (unpaired) electrons. The van der Waals surface area contributed by atoms with Crippen molar-refractivity contribution >= 4 is 23.4 Å². The first kappa shape index (κ1) is 26.0. The monoisotopic (exact) mass is 478 g/mol. The summed E-state index contributed by atoms with van der Waals surface area (Å²) < 4.78 is 6.01. The topological polar surface area (TPSA) is 36.7 Å². The van der Waals surface area contributed by atoms with Gasteiger partial charge in [0.25, 0.3) is 5.91 Å². The lowest BCUT2D eigenvalue weighted by Crippen LogP contribution is -2.36. The number of hydrogen-bond acceptors (Lipinski definition) is 4. The Balaban J connectivity index is 1.69. The number of furan rings is 1. The minimum atomic E-state index is -0.0751. The first-order valence-corrected chi connectivity index (χ1v) is 12.8. The normalized spacial score (nSPS) is 11.7. The molecular weight excluding hydrogens is 440 g/mol. The third kappa shape index (κ3) is 6.47. The Morgan fingerprint density at radius 2 is 1.68 bits per heavy atom. The second-order valence-electron chi connectivity index (χ2n) is 10.4. The van der Waals surface area contributed by atoms with Crippen LogP contribution in [0.3, 0.4) is 0 Å². The van der Waals surface area contributed by atoms with Gasteiger partial charge in [-0.1, -0.05) is 45.0 Å². The molecule has 0 N–H and O–H groups in total. The van der Waals surface area contributed by atoms with E-state index in [4.69, 9.17) is 4.42 Å². The Morgan fingerprint density at radius 3 is 2.26 bits per heavy atom. The van der Waals surface area contributed by atoms with Crippen LogP contribution in [0.1, 0.15) is 67.6 Å². The van der Waals surface area contributed by atoms with Crippen molar-refractivity contribution in [3.63, 3.8) is 0 Å². The van der Waals surface area contributed by atoms with Gasteiger partial charge >= 0.3 is 0 Å². The Hall–Kier alpha value is -2.66. The summed E-state index contributed by atoms with van der Waals surface area (Å²) in [5, 5.41) is 0. The van der Waals surface area contributed by atoms with Gasteiger partial charge in [0.05, 0.1) is 5.75 Å². The van der Waals surface area contributed by atoms with E-state index in [0.29, 0.717) is 18.1 Å². The molecule has 0 aliphatic carbocycles. The Bertz CT molecular complexity index is 1110. The van der Waals surface area contributed by atoms with Gasteiger partial charge in [-0.05, 0) is 73.2 Å². The molecule has 4 nitrogen and oxygen atoms in total. The average molecular weight is 479 g/mol. The predicted octanol–water partition coefficient (Wildman–Crippen LogP) is 7.29. The Morgan fingerprint density at radius 1 is 1.00 bits per heavy atom. The van der Waals surface area contributed by atoms with E-state index in [2.05, 4.69) is 75.1 Å². The maximum atomic E-state index is 13.3. The zero-order valence-corrected chi connectivity index (χ0v) is 22.6. The van der Waals surface area contributed by atoms with Gasteiger partial charge in [0.1, 0.15) is 5.76 Å². The highest BCUT2D eigenvalue weighted by atomic mass is 32.2. The summed E-state index contributed by atoms with van der Waals surface area (Å²) in [4.78, 5) is 18.5. The third-order valence-electron chi connectivity index (χ3n) is 5.99. The molecule has 0 atom stereocenters. The number of benzene rings is 2. The summed E-state index contributed by atoms with van der Waals surface area (Å²) in [6, 6.07) is 18.8. The Labute approximate surface area is 209 Å². The third-order valence-corrected chi connectivity index (χ3v) is 7.17. The number of carbonyl (C=O) groups excluding carboxylic acids is 1. The van der Waals surface area contributed by atoms with E-state index in [1.54, 1.807) is 17.8 Å². The Kier molecular flexibility index (Phi) is 8.19. The minimum Gasteiger partial charge on any atom is -0.455 e.